The first-order valence-corrected chi connectivity index (χ1v) is 6.81. The lowest BCUT2D eigenvalue weighted by molar-refractivity contribution is -0.144. The third kappa shape index (κ3) is 2.53. The van der Waals surface area contributed by atoms with Crippen molar-refractivity contribution in [3.05, 3.63) is 22.4 Å². The van der Waals surface area contributed by atoms with E-state index in [0.717, 1.165) is 5.75 Å². The van der Waals surface area contributed by atoms with E-state index in [0.29, 0.717) is 6.61 Å². The summed E-state index contributed by atoms with van der Waals surface area (Å²) in [5.74, 6) is 0.658. The van der Waals surface area contributed by atoms with Crippen LogP contribution in [0, 0.1) is 0 Å². The summed E-state index contributed by atoms with van der Waals surface area (Å²) in [6, 6.07) is 3.96. The Labute approximate surface area is 97.2 Å². The molecule has 82 valence electrons. The zero-order valence-corrected chi connectivity index (χ0v) is 10.1. The molecule has 1 N–H and O–H groups in total. The first kappa shape index (κ1) is 11.0. The van der Waals surface area contributed by atoms with Crippen molar-refractivity contribution >= 4 is 29.1 Å². The molecule has 0 unspecified atom stereocenters. The Hall–Kier alpha value is -0.520. The Balaban J connectivity index is 1.92. The molecule has 2 atom stereocenters. The smallest absolute Gasteiger partial charge is 0.324 e. The number of nitrogens with one attached hydrogen (secondary N) is 1. The van der Waals surface area contributed by atoms with Crippen LogP contribution in [0.1, 0.15) is 17.2 Å². The normalized spacial score (nSPS) is 25.4. The van der Waals surface area contributed by atoms with Crippen LogP contribution in [0.4, 0.5) is 0 Å². The Kier molecular flexibility index (Phi) is 3.66. The van der Waals surface area contributed by atoms with Crippen LogP contribution in [0.25, 0.3) is 0 Å². The lowest BCUT2D eigenvalue weighted by Gasteiger charge is -2.10. The zero-order valence-electron chi connectivity index (χ0n) is 8.43. The molecule has 0 bridgehead atoms. The van der Waals surface area contributed by atoms with Crippen molar-refractivity contribution < 1.29 is 9.53 Å². The largest absolute Gasteiger partial charge is 0.465 e. The van der Waals surface area contributed by atoms with Gasteiger partial charge in [0.05, 0.1) is 12.0 Å². The summed E-state index contributed by atoms with van der Waals surface area (Å²) in [5.41, 5.74) is 0. The first-order chi connectivity index (χ1) is 7.31. The van der Waals surface area contributed by atoms with Gasteiger partial charge in [0, 0.05) is 10.6 Å². The number of carbonyl (C=O) groups is 1. The van der Waals surface area contributed by atoms with Crippen LogP contribution < -0.4 is 5.32 Å². The SMILES string of the molecule is CCOC(=O)[C@@H]1CS[C@H](c2cccs2)N1. The van der Waals surface area contributed by atoms with Crippen LogP contribution in [-0.2, 0) is 9.53 Å². The molecule has 1 aliphatic rings. The van der Waals surface area contributed by atoms with Crippen LogP contribution in [-0.4, -0.2) is 24.4 Å². The van der Waals surface area contributed by atoms with E-state index in [1.54, 1.807) is 23.1 Å². The maximum atomic E-state index is 11.5. The van der Waals surface area contributed by atoms with Crippen LogP contribution >= 0.6 is 23.1 Å². The van der Waals surface area contributed by atoms with Gasteiger partial charge in [-0.1, -0.05) is 6.07 Å². The Bertz CT molecular complexity index is 326. The molecule has 1 saturated heterocycles. The molecule has 1 aromatic heterocycles. The minimum atomic E-state index is -0.151. The van der Waals surface area contributed by atoms with Gasteiger partial charge in [-0.05, 0) is 18.4 Å². The van der Waals surface area contributed by atoms with Crippen molar-refractivity contribution in [1.82, 2.24) is 5.32 Å². The highest BCUT2D eigenvalue weighted by molar-refractivity contribution is 7.99. The Morgan fingerprint density at radius 1 is 1.73 bits per heavy atom. The number of hydrogen-bond acceptors (Lipinski definition) is 5. The van der Waals surface area contributed by atoms with E-state index in [1.807, 2.05) is 13.0 Å². The van der Waals surface area contributed by atoms with Gasteiger partial charge in [0.25, 0.3) is 0 Å². The molecule has 1 aliphatic heterocycles. The van der Waals surface area contributed by atoms with Gasteiger partial charge in [-0.3, -0.25) is 10.1 Å². The Morgan fingerprint density at radius 3 is 3.27 bits per heavy atom. The van der Waals surface area contributed by atoms with E-state index in [1.165, 1.54) is 4.88 Å². The summed E-state index contributed by atoms with van der Waals surface area (Å²) in [4.78, 5) is 12.7. The number of carbonyl (C=O) groups excluding carboxylic acids is 1. The number of thiophene rings is 1. The van der Waals surface area contributed by atoms with Crippen molar-refractivity contribution in [1.29, 1.82) is 0 Å². The second kappa shape index (κ2) is 5.01. The van der Waals surface area contributed by atoms with E-state index in [-0.39, 0.29) is 17.4 Å². The predicted octanol–water partition coefficient (Wildman–Crippen LogP) is 2.01. The van der Waals surface area contributed by atoms with Crippen LogP contribution in [0.3, 0.4) is 0 Å². The molecule has 0 radical (unpaired) electrons. The Morgan fingerprint density at radius 2 is 2.60 bits per heavy atom. The molecule has 0 spiro atoms. The molecular weight excluding hydrogens is 230 g/mol. The van der Waals surface area contributed by atoms with Crippen LogP contribution in [0.5, 0.6) is 0 Å². The minimum Gasteiger partial charge on any atom is -0.465 e. The number of ether oxygens (including phenoxy) is 1. The summed E-state index contributed by atoms with van der Waals surface area (Å²) in [5, 5.41) is 5.58. The lowest BCUT2D eigenvalue weighted by Crippen LogP contribution is -2.35. The van der Waals surface area contributed by atoms with Gasteiger partial charge < -0.3 is 4.74 Å². The number of rotatable bonds is 3. The number of esters is 1. The molecule has 1 aromatic rings. The van der Waals surface area contributed by atoms with Crippen molar-refractivity contribution in [2.75, 3.05) is 12.4 Å². The van der Waals surface area contributed by atoms with Crippen molar-refractivity contribution in [2.24, 2.45) is 0 Å². The van der Waals surface area contributed by atoms with Crippen LogP contribution in [0.15, 0.2) is 17.5 Å². The van der Waals surface area contributed by atoms with Gasteiger partial charge in [0.2, 0.25) is 0 Å². The van der Waals surface area contributed by atoms with Gasteiger partial charge in [0.1, 0.15) is 6.04 Å². The molecule has 15 heavy (non-hydrogen) atoms. The van der Waals surface area contributed by atoms with Gasteiger partial charge >= 0.3 is 5.97 Å². The highest BCUT2D eigenvalue weighted by Crippen LogP contribution is 2.35. The summed E-state index contributed by atoms with van der Waals surface area (Å²) < 4.78 is 4.98. The second-order valence-electron chi connectivity index (χ2n) is 3.20. The molecule has 1 fully saturated rings. The molecular formula is C10H13NO2S2. The van der Waals surface area contributed by atoms with Gasteiger partial charge in [-0.25, -0.2) is 0 Å². The fourth-order valence-electron chi connectivity index (χ4n) is 1.46. The minimum absolute atomic E-state index is 0.135. The average Bonchev–Trinajstić information content (AvgIpc) is 2.89. The van der Waals surface area contributed by atoms with Gasteiger partial charge in [-0.15, -0.1) is 23.1 Å². The highest BCUT2D eigenvalue weighted by Gasteiger charge is 2.31. The maximum absolute atomic E-state index is 11.5. The molecule has 0 saturated carbocycles. The standard InChI is InChI=1S/C10H13NO2S2/c1-2-13-10(12)7-6-15-9(11-7)8-4-3-5-14-8/h3-5,7,9,11H,2,6H2,1H3/t7-,9+/m0/s1. The van der Waals surface area contributed by atoms with E-state index >= 15 is 0 Å². The summed E-state index contributed by atoms with van der Waals surface area (Å²) >= 11 is 3.47. The molecule has 0 amide bonds. The van der Waals surface area contributed by atoms with Gasteiger partial charge in [-0.2, -0.15) is 0 Å². The maximum Gasteiger partial charge on any atom is 0.324 e. The topological polar surface area (TPSA) is 38.3 Å². The third-order valence-electron chi connectivity index (χ3n) is 2.15. The molecule has 0 aromatic carbocycles. The number of hydrogen-bond donors (Lipinski definition) is 1. The molecule has 3 nitrogen and oxygen atoms in total. The van der Waals surface area contributed by atoms with E-state index in [2.05, 4.69) is 16.8 Å². The second-order valence-corrected chi connectivity index (χ2v) is 5.32. The number of thioether (sulfide) groups is 1. The highest BCUT2D eigenvalue weighted by atomic mass is 32.2. The molecule has 5 heteroatoms. The van der Waals surface area contributed by atoms with Crippen molar-refractivity contribution in [2.45, 2.75) is 18.3 Å². The van der Waals surface area contributed by atoms with E-state index in [4.69, 9.17) is 4.74 Å². The van der Waals surface area contributed by atoms with E-state index < -0.39 is 0 Å². The summed E-state index contributed by atoms with van der Waals surface area (Å²) in [6.45, 7) is 2.28. The average molecular weight is 243 g/mol. The lowest BCUT2D eigenvalue weighted by atomic mass is 10.3. The van der Waals surface area contributed by atoms with Crippen molar-refractivity contribution in [3.63, 3.8) is 0 Å². The molecule has 0 aliphatic carbocycles. The van der Waals surface area contributed by atoms with Crippen LogP contribution in [0.2, 0.25) is 0 Å². The van der Waals surface area contributed by atoms with Crippen molar-refractivity contribution in [3.8, 4) is 0 Å². The van der Waals surface area contributed by atoms with Gasteiger partial charge in [0.15, 0.2) is 0 Å². The summed E-state index contributed by atoms with van der Waals surface area (Å²) in [6.07, 6.45) is 0. The molecule has 2 rings (SSSR count). The van der Waals surface area contributed by atoms with E-state index in [9.17, 15) is 4.79 Å². The third-order valence-corrected chi connectivity index (χ3v) is 4.49. The molecule has 2 heterocycles. The monoisotopic (exact) mass is 243 g/mol. The quantitative estimate of drug-likeness (QED) is 0.824. The predicted molar refractivity (Wildman–Crippen MR) is 63.1 cm³/mol. The fourth-order valence-corrected chi connectivity index (χ4v) is 3.61. The summed E-state index contributed by atoms with van der Waals surface area (Å²) in [7, 11) is 0. The fraction of sp³-hybridized carbons (Fsp3) is 0.500. The first-order valence-electron chi connectivity index (χ1n) is 4.89. The zero-order chi connectivity index (χ0) is 10.7.